The Hall–Kier alpha value is -3.39. The number of H-pyrrole nitrogens is 1. The van der Waals surface area contributed by atoms with Gasteiger partial charge in [0.05, 0.1) is 11.0 Å². The van der Waals surface area contributed by atoms with E-state index in [1.807, 2.05) is 0 Å². The summed E-state index contributed by atoms with van der Waals surface area (Å²) in [5.41, 5.74) is 9.88. The van der Waals surface area contributed by atoms with E-state index in [9.17, 15) is 0 Å². The van der Waals surface area contributed by atoms with Gasteiger partial charge in [-0.1, -0.05) is 42.5 Å². The number of piperidine rings is 2. The number of imidazole rings is 1. The number of fused-ring (bicyclic) bond motifs is 3. The molecule has 38 heavy (non-hydrogen) atoms. The van der Waals surface area contributed by atoms with Gasteiger partial charge in [-0.15, -0.1) is 5.10 Å². The number of aromatic amines is 1. The Kier molecular flexibility index (Phi) is 5.87. The van der Waals surface area contributed by atoms with Gasteiger partial charge in [0, 0.05) is 31.2 Å². The third kappa shape index (κ3) is 4.06. The van der Waals surface area contributed by atoms with Crippen molar-refractivity contribution < 1.29 is 0 Å². The molecule has 3 aliphatic heterocycles. The highest BCUT2D eigenvalue weighted by Crippen LogP contribution is 2.45. The first-order valence-corrected chi connectivity index (χ1v) is 14.3. The maximum Gasteiger partial charge on any atom is 0.241 e. The van der Waals surface area contributed by atoms with Crippen LogP contribution in [0.4, 0.5) is 11.9 Å². The Bertz CT molecular complexity index is 1390. The average molecular weight is 511 g/mol. The average Bonchev–Trinajstić information content (AvgIpc) is 3.60. The van der Waals surface area contributed by atoms with Gasteiger partial charge in [0.25, 0.3) is 0 Å². The molecule has 2 bridgehead atoms. The summed E-state index contributed by atoms with van der Waals surface area (Å²) in [6, 6.07) is 21.8. The summed E-state index contributed by atoms with van der Waals surface area (Å²) < 4.78 is 2.54. The lowest BCUT2D eigenvalue weighted by Gasteiger charge is -2.45. The number of anilines is 2. The number of aryl methyl sites for hydroxylation is 1. The zero-order valence-electron chi connectivity index (χ0n) is 22.3. The summed E-state index contributed by atoms with van der Waals surface area (Å²) in [6.45, 7) is 5.28. The molecule has 8 nitrogen and oxygen atoms in total. The van der Waals surface area contributed by atoms with E-state index < -0.39 is 0 Å². The molecule has 3 fully saturated rings. The summed E-state index contributed by atoms with van der Waals surface area (Å²) >= 11 is 0. The Morgan fingerprint density at radius 1 is 0.921 bits per heavy atom. The predicted molar refractivity (Wildman–Crippen MR) is 151 cm³/mol. The summed E-state index contributed by atoms with van der Waals surface area (Å²) in [5, 5.41) is 7.04. The molecule has 3 saturated heterocycles. The second kappa shape index (κ2) is 9.42. The van der Waals surface area contributed by atoms with Gasteiger partial charge in [0.2, 0.25) is 11.9 Å². The number of nitrogens with two attached hydrogens (primary N) is 1. The van der Waals surface area contributed by atoms with Crippen LogP contribution in [0.5, 0.6) is 0 Å². The summed E-state index contributed by atoms with van der Waals surface area (Å²) in [5.74, 6) is 2.27. The molecule has 0 spiro atoms. The highest BCUT2D eigenvalue weighted by atomic mass is 15.4. The summed E-state index contributed by atoms with van der Waals surface area (Å²) in [7, 11) is 0. The fraction of sp³-hybridized carbons (Fsp3) is 0.500. The van der Waals surface area contributed by atoms with Crippen LogP contribution in [0, 0.1) is 6.92 Å². The molecule has 0 aliphatic carbocycles. The van der Waals surface area contributed by atoms with Gasteiger partial charge >= 0.3 is 0 Å². The first-order chi connectivity index (χ1) is 18.6. The van der Waals surface area contributed by atoms with Crippen LogP contribution in [-0.4, -0.2) is 61.4 Å². The quantitative estimate of drug-likeness (QED) is 0.386. The number of hydrogen-bond acceptors (Lipinski definition) is 6. The lowest BCUT2D eigenvalue weighted by Crippen LogP contribution is -2.48. The SMILES string of the molecule is Cc1nc2ccccc2n1C1CC2CCC(C1)N2CCC1(c2ccccc2)CCN(c2nc(N)n[nH]2)CC1. The largest absolute Gasteiger partial charge is 0.366 e. The van der Waals surface area contributed by atoms with Crippen LogP contribution in [0.3, 0.4) is 0 Å². The molecule has 0 saturated carbocycles. The lowest BCUT2D eigenvalue weighted by atomic mass is 9.70. The molecule has 2 atom stereocenters. The number of hydrogen-bond donors (Lipinski definition) is 2. The van der Waals surface area contributed by atoms with Crippen LogP contribution in [0.2, 0.25) is 0 Å². The maximum atomic E-state index is 5.78. The molecule has 3 aliphatic rings. The summed E-state index contributed by atoms with van der Waals surface area (Å²) in [6.07, 6.45) is 8.55. The fourth-order valence-electron chi connectivity index (χ4n) is 7.82. The molecule has 0 amide bonds. The molecule has 2 unspecified atom stereocenters. The molecule has 8 heteroatoms. The van der Waals surface area contributed by atoms with Gasteiger partial charge in [-0.05, 0) is 81.5 Å². The molecule has 4 aromatic rings. The second-order valence-corrected chi connectivity index (χ2v) is 11.7. The van der Waals surface area contributed by atoms with E-state index >= 15 is 0 Å². The Morgan fingerprint density at radius 3 is 2.34 bits per heavy atom. The monoisotopic (exact) mass is 510 g/mol. The van der Waals surface area contributed by atoms with Gasteiger partial charge in [0.1, 0.15) is 5.82 Å². The van der Waals surface area contributed by atoms with Crippen molar-refractivity contribution in [3.8, 4) is 0 Å². The Balaban J connectivity index is 1.08. The van der Waals surface area contributed by atoms with Crippen molar-refractivity contribution in [1.82, 2.24) is 29.6 Å². The molecular weight excluding hydrogens is 472 g/mol. The zero-order valence-corrected chi connectivity index (χ0v) is 22.3. The van der Waals surface area contributed by atoms with Crippen LogP contribution in [0.25, 0.3) is 11.0 Å². The maximum absolute atomic E-state index is 5.78. The van der Waals surface area contributed by atoms with E-state index in [4.69, 9.17) is 10.7 Å². The van der Waals surface area contributed by atoms with Crippen molar-refractivity contribution >= 4 is 22.9 Å². The van der Waals surface area contributed by atoms with Gasteiger partial charge < -0.3 is 15.2 Å². The van der Waals surface area contributed by atoms with E-state index in [1.54, 1.807) is 0 Å². The molecule has 198 valence electrons. The highest BCUT2D eigenvalue weighted by Gasteiger charge is 2.44. The molecular formula is C30H38N8. The van der Waals surface area contributed by atoms with Crippen molar-refractivity contribution in [1.29, 1.82) is 0 Å². The van der Waals surface area contributed by atoms with Crippen molar-refractivity contribution in [3.05, 3.63) is 66.0 Å². The second-order valence-electron chi connectivity index (χ2n) is 11.7. The van der Waals surface area contributed by atoms with Crippen LogP contribution >= 0.6 is 0 Å². The minimum absolute atomic E-state index is 0.191. The normalized spacial score (nSPS) is 25.3. The van der Waals surface area contributed by atoms with E-state index in [2.05, 4.69) is 91.1 Å². The van der Waals surface area contributed by atoms with E-state index in [1.165, 1.54) is 49.7 Å². The summed E-state index contributed by atoms with van der Waals surface area (Å²) in [4.78, 5) is 14.4. The van der Waals surface area contributed by atoms with E-state index in [0.29, 0.717) is 24.1 Å². The number of nitrogen functional groups attached to an aromatic ring is 1. The number of aromatic nitrogens is 5. The minimum Gasteiger partial charge on any atom is -0.366 e. The van der Waals surface area contributed by atoms with Gasteiger partial charge in [-0.2, -0.15) is 4.98 Å². The predicted octanol–water partition coefficient (Wildman–Crippen LogP) is 4.84. The number of nitrogens with one attached hydrogen (secondary N) is 1. The third-order valence-corrected chi connectivity index (χ3v) is 9.74. The first kappa shape index (κ1) is 23.7. The number of para-hydroxylation sites is 2. The van der Waals surface area contributed by atoms with Crippen molar-refractivity contribution in [2.45, 2.75) is 75.4 Å². The fourth-order valence-corrected chi connectivity index (χ4v) is 7.82. The highest BCUT2D eigenvalue weighted by molar-refractivity contribution is 5.76. The zero-order chi connectivity index (χ0) is 25.7. The topological polar surface area (TPSA) is 91.9 Å². The molecule has 7 rings (SSSR count). The van der Waals surface area contributed by atoms with Crippen LogP contribution in [0.15, 0.2) is 54.6 Å². The molecule has 3 N–H and O–H groups in total. The minimum atomic E-state index is 0.191. The number of benzene rings is 2. The van der Waals surface area contributed by atoms with E-state index in [-0.39, 0.29) is 5.41 Å². The van der Waals surface area contributed by atoms with Gasteiger partial charge in [0.15, 0.2) is 0 Å². The Labute approximate surface area is 224 Å². The molecule has 2 aromatic heterocycles. The molecule has 0 radical (unpaired) electrons. The molecule has 2 aromatic carbocycles. The Morgan fingerprint density at radius 2 is 1.63 bits per heavy atom. The van der Waals surface area contributed by atoms with Gasteiger partial charge in [-0.25, -0.2) is 10.1 Å². The van der Waals surface area contributed by atoms with Crippen molar-refractivity contribution in [3.63, 3.8) is 0 Å². The van der Waals surface area contributed by atoms with Crippen molar-refractivity contribution in [2.24, 2.45) is 0 Å². The van der Waals surface area contributed by atoms with Crippen LogP contribution in [0.1, 0.15) is 62.4 Å². The first-order valence-electron chi connectivity index (χ1n) is 14.3. The number of nitrogens with zero attached hydrogens (tertiary/aromatic N) is 6. The number of rotatable bonds is 6. The van der Waals surface area contributed by atoms with E-state index in [0.717, 1.165) is 43.2 Å². The smallest absolute Gasteiger partial charge is 0.241 e. The van der Waals surface area contributed by atoms with Gasteiger partial charge in [-0.3, -0.25) is 4.90 Å². The van der Waals surface area contributed by atoms with Crippen molar-refractivity contribution in [2.75, 3.05) is 30.3 Å². The van der Waals surface area contributed by atoms with Crippen LogP contribution in [-0.2, 0) is 5.41 Å². The lowest BCUT2D eigenvalue weighted by molar-refractivity contribution is 0.0937. The molecule has 5 heterocycles. The third-order valence-electron chi connectivity index (χ3n) is 9.74. The van der Waals surface area contributed by atoms with Crippen LogP contribution < -0.4 is 10.6 Å². The standard InChI is InChI=1S/C30H38N8/c1-21-32-26-9-5-6-10-27(26)38(21)25-19-23-11-12-24(20-25)37(23)18-15-30(22-7-3-2-4-8-22)13-16-36(17-14-30)29-33-28(31)34-35-29/h2-10,23-25H,11-20H2,1H3,(H3,31,33,34,35).